The van der Waals surface area contributed by atoms with Crippen molar-refractivity contribution in [1.82, 2.24) is 11.0 Å². The van der Waals surface area contributed by atoms with Gasteiger partial charge in [-0.3, -0.25) is 0 Å². The number of nitrogens with one attached hydrogen (secondary N) is 2. The van der Waals surface area contributed by atoms with Gasteiger partial charge in [0.05, 0.1) is 0 Å². The number of hydrogen-bond donors (Lipinski definition) is 2. The van der Waals surface area contributed by atoms with E-state index in [2.05, 4.69) is 34.1 Å². The average molecular weight is 148 g/mol. The summed E-state index contributed by atoms with van der Waals surface area (Å²) in [5.74, 6) is 0. The Labute approximate surface area is 62.0 Å². The Morgan fingerprint density at radius 3 is 1.50 bits per heavy atom. The van der Waals surface area contributed by atoms with Gasteiger partial charge in [-0.25, -0.2) is 0 Å². The zero-order valence-corrected chi connectivity index (χ0v) is 6.64. The van der Waals surface area contributed by atoms with Crippen LogP contribution in [-0.4, -0.2) is 13.1 Å². The maximum Gasteiger partial charge on any atom is 0.0212 e. The van der Waals surface area contributed by atoms with Gasteiger partial charge in [0.2, 0.25) is 0 Å². The minimum atomic E-state index is 0.728. The summed E-state index contributed by atoms with van der Waals surface area (Å²) in [5.41, 5.74) is 5.00. The molecule has 4 nitrogen and oxygen atoms in total. The molecule has 4 heteroatoms. The highest BCUT2D eigenvalue weighted by atomic mass is 17.3. The predicted molar refractivity (Wildman–Crippen MR) is 40.8 cm³/mol. The lowest BCUT2D eigenvalue weighted by atomic mass is 10.8. The first-order valence-electron chi connectivity index (χ1n) is 3.20. The van der Waals surface area contributed by atoms with E-state index in [1.807, 2.05) is 13.8 Å². The molecule has 0 amide bonds. The molecule has 0 heterocycles. The molecule has 0 rings (SSSR count). The minimum Gasteiger partial charge on any atom is -0.168 e. The average Bonchev–Trinajstić information content (AvgIpc) is 2.02. The summed E-state index contributed by atoms with van der Waals surface area (Å²) >= 11 is 0. The SMILES string of the molecule is C=C.CCNOONCC. The first-order valence-corrected chi connectivity index (χ1v) is 3.20. The third-order valence-corrected chi connectivity index (χ3v) is 0.448. The third-order valence-electron chi connectivity index (χ3n) is 0.448. The molecule has 0 atom stereocenters. The summed E-state index contributed by atoms with van der Waals surface area (Å²) in [6.45, 7) is 11.3. The Kier molecular flexibility index (Phi) is 19.4. The van der Waals surface area contributed by atoms with Gasteiger partial charge in [0.25, 0.3) is 0 Å². The van der Waals surface area contributed by atoms with Crippen LogP contribution in [0.25, 0.3) is 0 Å². The second kappa shape index (κ2) is 15.8. The minimum absolute atomic E-state index is 0.728. The maximum absolute atomic E-state index is 4.36. The molecule has 0 radical (unpaired) electrons. The largest absolute Gasteiger partial charge is 0.168 e. The van der Waals surface area contributed by atoms with E-state index in [1.54, 1.807) is 0 Å². The Balaban J connectivity index is 0. The van der Waals surface area contributed by atoms with Crippen LogP contribution >= 0.6 is 0 Å². The zero-order valence-electron chi connectivity index (χ0n) is 6.64. The van der Waals surface area contributed by atoms with Crippen LogP contribution in [-0.2, 0) is 9.98 Å². The second-order valence-corrected chi connectivity index (χ2v) is 1.16. The van der Waals surface area contributed by atoms with Crippen molar-refractivity contribution in [3.8, 4) is 0 Å². The van der Waals surface area contributed by atoms with Gasteiger partial charge in [-0.1, -0.05) is 13.8 Å². The molecule has 10 heavy (non-hydrogen) atoms. The first kappa shape index (κ1) is 12.3. The monoisotopic (exact) mass is 148 g/mol. The van der Waals surface area contributed by atoms with E-state index >= 15 is 0 Å². The fourth-order valence-electron chi connectivity index (χ4n) is 0.177. The van der Waals surface area contributed by atoms with Crippen LogP contribution in [0.4, 0.5) is 0 Å². The summed E-state index contributed by atoms with van der Waals surface area (Å²) in [7, 11) is 0. The van der Waals surface area contributed by atoms with Gasteiger partial charge in [-0.15, -0.1) is 23.1 Å². The highest BCUT2D eigenvalue weighted by Gasteiger charge is 1.78. The Hall–Kier alpha value is -0.420. The van der Waals surface area contributed by atoms with Crippen molar-refractivity contribution in [2.45, 2.75) is 13.8 Å². The van der Waals surface area contributed by atoms with Crippen LogP contribution < -0.4 is 11.0 Å². The highest BCUT2D eigenvalue weighted by Crippen LogP contribution is 1.62. The lowest BCUT2D eigenvalue weighted by Gasteiger charge is -1.99. The number of rotatable bonds is 5. The van der Waals surface area contributed by atoms with Crippen LogP contribution in [0, 0.1) is 0 Å². The van der Waals surface area contributed by atoms with Gasteiger partial charge in [-0.2, -0.15) is 11.0 Å². The predicted octanol–water partition coefficient (Wildman–Crippen LogP) is 0.786. The molecule has 2 N–H and O–H groups in total. The second-order valence-electron chi connectivity index (χ2n) is 1.16. The van der Waals surface area contributed by atoms with Crippen molar-refractivity contribution in [1.29, 1.82) is 0 Å². The van der Waals surface area contributed by atoms with Crippen LogP contribution in [0.2, 0.25) is 0 Å². The first-order chi connectivity index (χ1) is 4.91. The molecule has 0 unspecified atom stereocenters. The molecule has 0 aliphatic heterocycles. The summed E-state index contributed by atoms with van der Waals surface area (Å²) in [5, 5.41) is 0. The van der Waals surface area contributed by atoms with Crippen LogP contribution in [0.15, 0.2) is 13.2 Å². The molecule has 0 fully saturated rings. The summed E-state index contributed by atoms with van der Waals surface area (Å²) in [6.07, 6.45) is 0. The molecule has 0 bridgehead atoms. The molecule has 0 spiro atoms. The van der Waals surface area contributed by atoms with Crippen molar-refractivity contribution < 1.29 is 9.98 Å². The molecule has 0 saturated heterocycles. The lowest BCUT2D eigenvalue weighted by Crippen LogP contribution is -2.21. The summed E-state index contributed by atoms with van der Waals surface area (Å²) in [6, 6.07) is 0. The van der Waals surface area contributed by atoms with Crippen LogP contribution in [0.3, 0.4) is 0 Å². The molecule has 0 aromatic rings. The Bertz CT molecular complexity index is 47.0. The van der Waals surface area contributed by atoms with E-state index in [9.17, 15) is 0 Å². The molecular weight excluding hydrogens is 132 g/mol. The van der Waals surface area contributed by atoms with E-state index < -0.39 is 0 Å². The topological polar surface area (TPSA) is 42.5 Å². The molecule has 0 saturated carbocycles. The van der Waals surface area contributed by atoms with E-state index in [0.29, 0.717) is 0 Å². The van der Waals surface area contributed by atoms with Gasteiger partial charge in [0.1, 0.15) is 0 Å². The standard InChI is InChI=1S/C4H12N2O2.C2H4/c1-3-5-7-8-6-4-2;1-2/h5-6H,3-4H2,1-2H3;1-2H2. The summed E-state index contributed by atoms with van der Waals surface area (Å²) in [4.78, 5) is 8.72. The quantitative estimate of drug-likeness (QED) is 0.262. The number of hydrogen-bond acceptors (Lipinski definition) is 4. The van der Waals surface area contributed by atoms with Crippen molar-refractivity contribution in [2.24, 2.45) is 0 Å². The normalized spacial score (nSPS) is 8.20. The third kappa shape index (κ3) is 15.6. The molecule has 62 valence electrons. The molecule has 0 aliphatic rings. The van der Waals surface area contributed by atoms with Gasteiger partial charge in [0, 0.05) is 13.1 Å². The van der Waals surface area contributed by atoms with Crippen molar-refractivity contribution in [3.63, 3.8) is 0 Å². The molecule has 0 aromatic heterocycles. The van der Waals surface area contributed by atoms with E-state index in [4.69, 9.17) is 0 Å². The summed E-state index contributed by atoms with van der Waals surface area (Å²) < 4.78 is 0. The number of hydroxylamine groups is 2. The van der Waals surface area contributed by atoms with E-state index in [0.717, 1.165) is 13.1 Å². The van der Waals surface area contributed by atoms with Crippen molar-refractivity contribution in [3.05, 3.63) is 13.2 Å². The van der Waals surface area contributed by atoms with E-state index in [-0.39, 0.29) is 0 Å². The smallest absolute Gasteiger partial charge is 0.0212 e. The highest BCUT2D eigenvalue weighted by molar-refractivity contribution is 4.22. The maximum atomic E-state index is 4.36. The Morgan fingerprint density at radius 2 is 1.30 bits per heavy atom. The van der Waals surface area contributed by atoms with Gasteiger partial charge in [0.15, 0.2) is 0 Å². The van der Waals surface area contributed by atoms with Gasteiger partial charge >= 0.3 is 0 Å². The Morgan fingerprint density at radius 1 is 1.00 bits per heavy atom. The van der Waals surface area contributed by atoms with E-state index in [1.165, 1.54) is 0 Å². The zero-order chi connectivity index (χ0) is 8.24. The van der Waals surface area contributed by atoms with Gasteiger partial charge in [-0.05, 0) is 0 Å². The lowest BCUT2D eigenvalue weighted by molar-refractivity contribution is -0.372. The van der Waals surface area contributed by atoms with Crippen molar-refractivity contribution in [2.75, 3.05) is 13.1 Å². The van der Waals surface area contributed by atoms with Crippen LogP contribution in [0.5, 0.6) is 0 Å². The fraction of sp³-hybridized carbons (Fsp3) is 0.667. The fourth-order valence-corrected chi connectivity index (χ4v) is 0.177. The van der Waals surface area contributed by atoms with Crippen molar-refractivity contribution >= 4 is 0 Å². The van der Waals surface area contributed by atoms with Crippen LogP contribution in [0.1, 0.15) is 13.8 Å². The molecule has 0 aromatic carbocycles. The molecular formula is C6H16N2O2. The molecule has 0 aliphatic carbocycles. The van der Waals surface area contributed by atoms with Gasteiger partial charge < -0.3 is 0 Å².